The van der Waals surface area contributed by atoms with Crippen LogP contribution in [0.2, 0.25) is 0 Å². The minimum absolute atomic E-state index is 0.0740. The van der Waals surface area contributed by atoms with Crippen molar-refractivity contribution in [3.63, 3.8) is 0 Å². The van der Waals surface area contributed by atoms with Gasteiger partial charge in [0.1, 0.15) is 0 Å². The quantitative estimate of drug-likeness (QED) is 0.727. The van der Waals surface area contributed by atoms with Gasteiger partial charge in [0.2, 0.25) is 9.05 Å². The van der Waals surface area contributed by atoms with Crippen LogP contribution in [-0.4, -0.2) is 20.3 Å². The van der Waals surface area contributed by atoms with E-state index in [1.165, 1.54) is 0 Å². The molecule has 0 atom stereocenters. The Balaban J connectivity index is 2.17. The molecule has 2 aliphatic rings. The molecule has 2 nitrogen and oxygen atoms in total. The summed E-state index contributed by atoms with van der Waals surface area (Å²) in [4.78, 5) is 0. The summed E-state index contributed by atoms with van der Waals surface area (Å²) in [6, 6.07) is 0. The van der Waals surface area contributed by atoms with E-state index in [-0.39, 0.29) is 18.3 Å². The van der Waals surface area contributed by atoms with Gasteiger partial charge in [-0.1, -0.05) is 6.42 Å². The van der Waals surface area contributed by atoms with E-state index in [2.05, 4.69) is 0 Å². The molecule has 2 fully saturated rings. The molecule has 0 amide bonds. The van der Waals surface area contributed by atoms with Crippen LogP contribution in [-0.2, 0) is 9.05 Å². The zero-order valence-corrected chi connectivity index (χ0v) is 10.1. The average Bonchev–Trinajstić information content (AvgIpc) is 1.86. The standard InChI is InChI=1S/C9H12ClF3O2S/c10-16(14,15)6-8(9(11,12)13)4-7(5-8)2-1-3-7/h1-6H2. The van der Waals surface area contributed by atoms with Crippen LogP contribution in [0.3, 0.4) is 0 Å². The van der Waals surface area contributed by atoms with Gasteiger partial charge in [-0.25, -0.2) is 8.42 Å². The molecule has 7 heteroatoms. The Bertz CT molecular complexity index is 389. The van der Waals surface area contributed by atoms with Gasteiger partial charge in [0.05, 0.1) is 11.2 Å². The minimum Gasteiger partial charge on any atom is -0.212 e. The van der Waals surface area contributed by atoms with Crippen molar-refractivity contribution in [2.45, 2.75) is 38.3 Å². The molecule has 94 valence electrons. The molecule has 0 aliphatic heterocycles. The van der Waals surface area contributed by atoms with Crippen LogP contribution >= 0.6 is 10.7 Å². The predicted molar refractivity (Wildman–Crippen MR) is 53.6 cm³/mol. The third-order valence-corrected chi connectivity index (χ3v) is 5.12. The van der Waals surface area contributed by atoms with Crippen LogP contribution in [0, 0.1) is 10.8 Å². The molecule has 0 unspecified atom stereocenters. The molecule has 0 saturated heterocycles. The summed E-state index contributed by atoms with van der Waals surface area (Å²) in [7, 11) is 0.855. The second kappa shape index (κ2) is 3.28. The number of alkyl halides is 3. The molecule has 0 bridgehead atoms. The summed E-state index contributed by atoms with van der Waals surface area (Å²) in [5.41, 5.74) is -2.33. The number of hydrogen-bond acceptors (Lipinski definition) is 2. The lowest BCUT2D eigenvalue weighted by Crippen LogP contribution is -2.59. The summed E-state index contributed by atoms with van der Waals surface area (Å²) in [5, 5.41) is 0. The molecule has 0 aromatic carbocycles. The van der Waals surface area contributed by atoms with Gasteiger partial charge in [0.25, 0.3) is 0 Å². The minimum atomic E-state index is -4.48. The molecule has 1 spiro atoms. The Labute approximate surface area is 96.6 Å². The molecule has 0 aromatic rings. The third kappa shape index (κ3) is 1.94. The van der Waals surface area contributed by atoms with Crippen LogP contribution in [0.5, 0.6) is 0 Å². The zero-order chi connectivity index (χ0) is 12.2. The van der Waals surface area contributed by atoms with Crippen molar-refractivity contribution < 1.29 is 21.6 Å². The van der Waals surface area contributed by atoms with E-state index in [0.717, 1.165) is 19.3 Å². The number of halogens is 4. The highest BCUT2D eigenvalue weighted by molar-refractivity contribution is 8.13. The SMILES string of the molecule is O=S(=O)(Cl)CC1(C(F)(F)F)CC2(CCC2)C1. The molecule has 2 saturated carbocycles. The Kier molecular flexibility index (Phi) is 2.56. The van der Waals surface area contributed by atoms with Crippen molar-refractivity contribution in [2.24, 2.45) is 10.8 Å². The second-order valence-corrected chi connectivity index (χ2v) is 7.95. The fourth-order valence-electron chi connectivity index (χ4n) is 3.13. The largest absolute Gasteiger partial charge is 0.395 e. The highest BCUT2D eigenvalue weighted by atomic mass is 35.7. The van der Waals surface area contributed by atoms with Crippen LogP contribution in [0.1, 0.15) is 32.1 Å². The molecular formula is C9H12ClF3O2S. The Hall–Kier alpha value is 0.0300. The molecule has 2 rings (SSSR count). The van der Waals surface area contributed by atoms with E-state index in [0.29, 0.717) is 0 Å². The van der Waals surface area contributed by atoms with E-state index in [9.17, 15) is 21.6 Å². The van der Waals surface area contributed by atoms with Crippen molar-refractivity contribution in [2.75, 3.05) is 5.75 Å². The van der Waals surface area contributed by atoms with Gasteiger partial charge in [-0.05, 0) is 31.1 Å². The number of rotatable bonds is 2. The third-order valence-electron chi connectivity index (χ3n) is 3.89. The van der Waals surface area contributed by atoms with E-state index in [1.54, 1.807) is 0 Å². The highest BCUT2D eigenvalue weighted by Crippen LogP contribution is 2.69. The first kappa shape index (κ1) is 12.5. The maximum absolute atomic E-state index is 12.9. The lowest BCUT2D eigenvalue weighted by molar-refractivity contribution is -0.284. The summed E-state index contributed by atoms with van der Waals surface area (Å²) in [5.74, 6) is -0.979. The van der Waals surface area contributed by atoms with E-state index >= 15 is 0 Å². The molecule has 0 N–H and O–H groups in total. The van der Waals surface area contributed by atoms with E-state index in [1.807, 2.05) is 0 Å². The maximum Gasteiger partial charge on any atom is 0.395 e. The lowest BCUT2D eigenvalue weighted by Gasteiger charge is -2.61. The summed E-state index contributed by atoms with van der Waals surface area (Å²) >= 11 is 0. The van der Waals surface area contributed by atoms with Gasteiger partial charge < -0.3 is 0 Å². The Morgan fingerprint density at radius 3 is 1.94 bits per heavy atom. The zero-order valence-electron chi connectivity index (χ0n) is 8.48. The van der Waals surface area contributed by atoms with Crippen LogP contribution in [0.25, 0.3) is 0 Å². The van der Waals surface area contributed by atoms with Crippen molar-refractivity contribution in [3.05, 3.63) is 0 Å². The van der Waals surface area contributed by atoms with Crippen molar-refractivity contribution >= 4 is 19.7 Å². The van der Waals surface area contributed by atoms with Gasteiger partial charge in [-0.15, -0.1) is 0 Å². The topological polar surface area (TPSA) is 34.1 Å². The summed E-state index contributed by atoms with van der Waals surface area (Å²) in [6.07, 6.45) is -2.11. The average molecular weight is 277 g/mol. The fraction of sp³-hybridized carbons (Fsp3) is 1.00. The van der Waals surface area contributed by atoms with Crippen molar-refractivity contribution in [1.82, 2.24) is 0 Å². The molecule has 0 aromatic heterocycles. The van der Waals surface area contributed by atoms with Gasteiger partial charge in [-0.2, -0.15) is 13.2 Å². The molecule has 0 radical (unpaired) electrons. The monoisotopic (exact) mass is 276 g/mol. The van der Waals surface area contributed by atoms with Crippen molar-refractivity contribution in [3.8, 4) is 0 Å². The Morgan fingerprint density at radius 2 is 1.69 bits per heavy atom. The van der Waals surface area contributed by atoms with E-state index < -0.39 is 26.4 Å². The first-order valence-electron chi connectivity index (χ1n) is 5.07. The van der Waals surface area contributed by atoms with Crippen LogP contribution in [0.15, 0.2) is 0 Å². The predicted octanol–water partition coefficient (Wildman–Crippen LogP) is 3.07. The smallest absolute Gasteiger partial charge is 0.212 e. The van der Waals surface area contributed by atoms with Gasteiger partial charge in [0, 0.05) is 10.7 Å². The van der Waals surface area contributed by atoms with Gasteiger partial charge >= 0.3 is 6.18 Å². The first-order valence-corrected chi connectivity index (χ1v) is 7.55. The summed E-state index contributed by atoms with van der Waals surface area (Å²) < 4.78 is 60.3. The molecular weight excluding hydrogens is 265 g/mol. The number of hydrogen-bond donors (Lipinski definition) is 0. The maximum atomic E-state index is 12.9. The van der Waals surface area contributed by atoms with Gasteiger partial charge in [-0.3, -0.25) is 0 Å². The normalized spacial score (nSPS) is 27.2. The molecule has 2 aliphatic carbocycles. The molecule has 16 heavy (non-hydrogen) atoms. The lowest BCUT2D eigenvalue weighted by atomic mass is 9.45. The molecule has 0 heterocycles. The second-order valence-electron chi connectivity index (χ2n) is 5.17. The summed E-state index contributed by atoms with van der Waals surface area (Å²) in [6.45, 7) is 0. The Morgan fingerprint density at radius 1 is 1.19 bits per heavy atom. The first-order chi connectivity index (χ1) is 7.08. The van der Waals surface area contributed by atoms with Crippen LogP contribution in [0.4, 0.5) is 13.2 Å². The highest BCUT2D eigenvalue weighted by Gasteiger charge is 2.69. The fourth-order valence-corrected chi connectivity index (χ4v) is 4.78. The van der Waals surface area contributed by atoms with E-state index in [4.69, 9.17) is 10.7 Å². The van der Waals surface area contributed by atoms with Crippen molar-refractivity contribution in [1.29, 1.82) is 0 Å². The van der Waals surface area contributed by atoms with Crippen LogP contribution < -0.4 is 0 Å². The van der Waals surface area contributed by atoms with Gasteiger partial charge in [0.15, 0.2) is 0 Å².